The summed E-state index contributed by atoms with van der Waals surface area (Å²) in [4.78, 5) is 0. The number of quaternary nitrogens is 1. The maximum atomic E-state index is 5.83. The lowest BCUT2D eigenvalue weighted by Gasteiger charge is -2.23. The van der Waals surface area contributed by atoms with Crippen LogP contribution in [0.25, 0.3) is 0 Å². The SMILES string of the molecule is CCCCCCCC[C@H]1O[C@H]1CCCCCCCC[N+](C)(C)C. The first-order chi connectivity index (χ1) is 11.0. The Kier molecular flexibility index (Phi) is 11.2. The molecule has 0 amide bonds. The van der Waals surface area contributed by atoms with Gasteiger partial charge in [0, 0.05) is 0 Å². The van der Waals surface area contributed by atoms with Crippen LogP contribution in [0.5, 0.6) is 0 Å². The highest BCUT2D eigenvalue weighted by Crippen LogP contribution is 2.31. The molecule has 0 radical (unpaired) electrons. The zero-order chi connectivity index (χ0) is 17.0. The normalized spacial score (nSPS) is 20.9. The molecule has 0 saturated carbocycles. The average molecular weight is 327 g/mol. The highest BCUT2D eigenvalue weighted by atomic mass is 16.6. The lowest BCUT2D eigenvalue weighted by Crippen LogP contribution is -2.35. The highest BCUT2D eigenvalue weighted by molar-refractivity contribution is 4.84. The first-order valence-corrected chi connectivity index (χ1v) is 10.5. The number of hydrogen-bond acceptors (Lipinski definition) is 1. The second-order valence-corrected chi connectivity index (χ2v) is 8.69. The summed E-state index contributed by atoms with van der Waals surface area (Å²) in [5, 5.41) is 0. The molecule has 1 aliphatic rings. The summed E-state index contributed by atoms with van der Waals surface area (Å²) in [6.07, 6.45) is 20.8. The first kappa shape index (κ1) is 21.0. The molecular weight excluding hydrogens is 282 g/mol. The Balaban J connectivity index is 1.77. The Labute approximate surface area is 146 Å². The minimum Gasteiger partial charge on any atom is -0.370 e. The molecule has 1 fully saturated rings. The van der Waals surface area contributed by atoms with E-state index in [9.17, 15) is 0 Å². The minimum atomic E-state index is 0.629. The van der Waals surface area contributed by atoms with Gasteiger partial charge in [-0.25, -0.2) is 0 Å². The fraction of sp³-hybridized carbons (Fsp3) is 1.00. The van der Waals surface area contributed by atoms with Crippen LogP contribution in [0.4, 0.5) is 0 Å². The highest BCUT2D eigenvalue weighted by Gasteiger charge is 2.36. The van der Waals surface area contributed by atoms with Crippen LogP contribution in [0.2, 0.25) is 0 Å². The quantitative estimate of drug-likeness (QED) is 0.194. The van der Waals surface area contributed by atoms with Gasteiger partial charge in [-0.05, 0) is 25.7 Å². The van der Waals surface area contributed by atoms with Crippen molar-refractivity contribution in [3.05, 3.63) is 0 Å². The molecule has 0 aromatic heterocycles. The fourth-order valence-corrected chi connectivity index (χ4v) is 3.45. The summed E-state index contributed by atoms with van der Waals surface area (Å²) in [6.45, 7) is 3.60. The van der Waals surface area contributed by atoms with Crippen LogP contribution in [0, 0.1) is 0 Å². The molecule has 1 heterocycles. The van der Waals surface area contributed by atoms with E-state index in [0.29, 0.717) is 12.2 Å². The Morgan fingerprint density at radius 1 is 0.609 bits per heavy atom. The van der Waals surface area contributed by atoms with Crippen molar-refractivity contribution < 1.29 is 9.22 Å². The van der Waals surface area contributed by atoms with Crippen molar-refractivity contribution in [2.24, 2.45) is 0 Å². The van der Waals surface area contributed by atoms with Gasteiger partial charge in [-0.15, -0.1) is 0 Å². The van der Waals surface area contributed by atoms with E-state index in [-0.39, 0.29) is 0 Å². The second kappa shape index (κ2) is 12.3. The van der Waals surface area contributed by atoms with Crippen LogP contribution in [0.15, 0.2) is 0 Å². The Hall–Kier alpha value is -0.0800. The van der Waals surface area contributed by atoms with E-state index in [2.05, 4.69) is 28.1 Å². The largest absolute Gasteiger partial charge is 0.370 e. The van der Waals surface area contributed by atoms with Gasteiger partial charge in [0.2, 0.25) is 0 Å². The summed E-state index contributed by atoms with van der Waals surface area (Å²) < 4.78 is 6.94. The number of rotatable bonds is 16. The molecule has 1 saturated heterocycles. The topological polar surface area (TPSA) is 12.5 Å². The number of unbranched alkanes of at least 4 members (excludes halogenated alkanes) is 10. The lowest BCUT2D eigenvalue weighted by atomic mass is 10.0. The van der Waals surface area contributed by atoms with Crippen molar-refractivity contribution in [1.82, 2.24) is 0 Å². The summed E-state index contributed by atoms with van der Waals surface area (Å²) >= 11 is 0. The molecule has 138 valence electrons. The van der Waals surface area contributed by atoms with Gasteiger partial charge in [0.05, 0.1) is 39.9 Å². The molecule has 0 spiro atoms. The van der Waals surface area contributed by atoms with Crippen LogP contribution >= 0.6 is 0 Å². The van der Waals surface area contributed by atoms with E-state index in [4.69, 9.17) is 4.74 Å². The number of ether oxygens (including phenoxy) is 1. The van der Waals surface area contributed by atoms with Gasteiger partial charge in [0.1, 0.15) is 0 Å². The van der Waals surface area contributed by atoms with Crippen molar-refractivity contribution in [2.75, 3.05) is 27.7 Å². The molecule has 1 rings (SSSR count). The molecule has 0 aromatic rings. The van der Waals surface area contributed by atoms with Crippen molar-refractivity contribution in [1.29, 1.82) is 0 Å². The van der Waals surface area contributed by atoms with E-state index >= 15 is 0 Å². The van der Waals surface area contributed by atoms with Crippen LogP contribution in [0.1, 0.15) is 96.8 Å². The van der Waals surface area contributed by atoms with Crippen LogP contribution in [-0.2, 0) is 4.74 Å². The van der Waals surface area contributed by atoms with Crippen molar-refractivity contribution in [3.8, 4) is 0 Å². The Bertz CT molecular complexity index is 272. The average Bonchev–Trinajstić information content (AvgIpc) is 3.23. The molecule has 0 bridgehead atoms. The fourth-order valence-electron chi connectivity index (χ4n) is 3.45. The number of epoxide rings is 1. The molecule has 0 aliphatic carbocycles. The van der Waals surface area contributed by atoms with E-state index in [1.54, 1.807) is 0 Å². The molecule has 0 N–H and O–H groups in total. The molecule has 2 heteroatoms. The summed E-state index contributed by atoms with van der Waals surface area (Å²) in [7, 11) is 6.87. The zero-order valence-corrected chi connectivity index (χ0v) is 16.6. The van der Waals surface area contributed by atoms with Gasteiger partial charge in [0.25, 0.3) is 0 Å². The van der Waals surface area contributed by atoms with Crippen molar-refractivity contribution in [2.45, 2.75) is 109 Å². The van der Waals surface area contributed by atoms with Gasteiger partial charge in [-0.2, -0.15) is 0 Å². The number of nitrogens with zero attached hydrogens (tertiary/aromatic N) is 1. The van der Waals surface area contributed by atoms with E-state index in [1.807, 2.05) is 0 Å². The van der Waals surface area contributed by atoms with Crippen molar-refractivity contribution in [3.63, 3.8) is 0 Å². The third kappa shape index (κ3) is 12.9. The van der Waals surface area contributed by atoms with Gasteiger partial charge in [-0.1, -0.05) is 71.1 Å². The van der Waals surface area contributed by atoms with Crippen LogP contribution in [0.3, 0.4) is 0 Å². The molecule has 23 heavy (non-hydrogen) atoms. The monoisotopic (exact) mass is 326 g/mol. The van der Waals surface area contributed by atoms with E-state index in [0.717, 1.165) is 4.48 Å². The molecular formula is C21H44NO+. The second-order valence-electron chi connectivity index (χ2n) is 8.69. The summed E-state index contributed by atoms with van der Waals surface area (Å²) in [5.41, 5.74) is 0. The maximum Gasteiger partial charge on any atom is 0.0841 e. The maximum absolute atomic E-state index is 5.83. The van der Waals surface area contributed by atoms with Crippen LogP contribution in [-0.4, -0.2) is 44.4 Å². The Morgan fingerprint density at radius 2 is 1.04 bits per heavy atom. The third-order valence-corrected chi connectivity index (χ3v) is 5.10. The smallest absolute Gasteiger partial charge is 0.0841 e. The van der Waals surface area contributed by atoms with Gasteiger partial charge < -0.3 is 9.22 Å². The van der Waals surface area contributed by atoms with E-state index in [1.165, 1.54) is 96.4 Å². The van der Waals surface area contributed by atoms with Crippen molar-refractivity contribution >= 4 is 0 Å². The third-order valence-electron chi connectivity index (χ3n) is 5.10. The van der Waals surface area contributed by atoms with Gasteiger partial charge >= 0.3 is 0 Å². The zero-order valence-electron chi connectivity index (χ0n) is 16.6. The molecule has 2 nitrogen and oxygen atoms in total. The molecule has 0 unspecified atom stereocenters. The Morgan fingerprint density at radius 3 is 1.52 bits per heavy atom. The standard InChI is InChI=1S/C21H44NO/c1-5-6-7-8-11-14-17-20-21(23-20)18-15-12-9-10-13-16-19-22(2,3)4/h20-21H,5-19H2,1-4H3/q+1/t20-,21+/m1/s1. The number of hydrogen-bond donors (Lipinski definition) is 0. The summed E-state index contributed by atoms with van der Waals surface area (Å²) in [5.74, 6) is 0. The lowest BCUT2D eigenvalue weighted by molar-refractivity contribution is -0.870. The molecule has 1 aliphatic heterocycles. The predicted molar refractivity (Wildman–Crippen MR) is 102 cm³/mol. The molecule has 0 aromatic carbocycles. The van der Waals surface area contributed by atoms with Gasteiger partial charge in [0.15, 0.2) is 0 Å². The van der Waals surface area contributed by atoms with Gasteiger partial charge in [-0.3, -0.25) is 0 Å². The van der Waals surface area contributed by atoms with E-state index < -0.39 is 0 Å². The molecule has 2 atom stereocenters. The van der Waals surface area contributed by atoms with Crippen LogP contribution < -0.4 is 0 Å². The summed E-state index contributed by atoms with van der Waals surface area (Å²) in [6, 6.07) is 0. The minimum absolute atomic E-state index is 0.629. The first-order valence-electron chi connectivity index (χ1n) is 10.5. The predicted octanol–water partition coefficient (Wildman–Crippen LogP) is 5.94.